The average Bonchev–Trinajstić information content (AvgIpc) is 2.64. The molecule has 1 N–H and O–H groups in total. The summed E-state index contributed by atoms with van der Waals surface area (Å²) in [6, 6.07) is 12.3. The van der Waals surface area contributed by atoms with Gasteiger partial charge in [-0.05, 0) is 42.3 Å². The molecular formula is C19H19BrClNO4. The highest BCUT2D eigenvalue weighted by atomic mass is 79.9. The lowest BCUT2D eigenvalue weighted by Gasteiger charge is -2.09. The first kappa shape index (κ1) is 20.3. The third kappa shape index (κ3) is 6.35. The van der Waals surface area contributed by atoms with Gasteiger partial charge in [-0.25, -0.2) is 4.79 Å². The molecule has 0 unspecified atom stereocenters. The normalized spacial score (nSPS) is 10.3. The summed E-state index contributed by atoms with van der Waals surface area (Å²) in [5, 5.41) is 3.36. The maximum atomic E-state index is 11.9. The molecule has 2 rings (SSSR count). The van der Waals surface area contributed by atoms with Gasteiger partial charge in [0.1, 0.15) is 5.75 Å². The van der Waals surface area contributed by atoms with Crippen LogP contribution in [0.2, 0.25) is 5.02 Å². The number of hydrogen-bond acceptors (Lipinski definition) is 4. The van der Waals surface area contributed by atoms with Gasteiger partial charge in [0.05, 0.1) is 24.3 Å². The van der Waals surface area contributed by atoms with Gasteiger partial charge in [-0.1, -0.05) is 39.7 Å². The maximum Gasteiger partial charge on any atom is 0.337 e. The van der Waals surface area contributed by atoms with Gasteiger partial charge in [-0.15, -0.1) is 0 Å². The number of esters is 1. The van der Waals surface area contributed by atoms with Crippen LogP contribution in [-0.4, -0.2) is 25.6 Å². The lowest BCUT2D eigenvalue weighted by molar-refractivity contribution is -0.121. The number of carbonyl (C=O) groups is 2. The van der Waals surface area contributed by atoms with Crippen molar-refractivity contribution in [3.05, 3.63) is 63.1 Å². The molecule has 0 aliphatic carbocycles. The molecule has 0 atom stereocenters. The summed E-state index contributed by atoms with van der Waals surface area (Å²) >= 11 is 9.40. The van der Waals surface area contributed by atoms with E-state index in [4.69, 9.17) is 16.3 Å². The highest BCUT2D eigenvalue weighted by Crippen LogP contribution is 2.27. The summed E-state index contributed by atoms with van der Waals surface area (Å²) in [4.78, 5) is 23.3. The van der Waals surface area contributed by atoms with E-state index in [-0.39, 0.29) is 11.9 Å². The van der Waals surface area contributed by atoms with Gasteiger partial charge in [0, 0.05) is 17.4 Å². The van der Waals surface area contributed by atoms with E-state index in [1.165, 1.54) is 7.11 Å². The van der Waals surface area contributed by atoms with Crippen LogP contribution in [0.25, 0.3) is 0 Å². The first-order valence-corrected chi connectivity index (χ1v) is 9.18. The van der Waals surface area contributed by atoms with E-state index in [0.717, 1.165) is 10.0 Å². The first-order valence-electron chi connectivity index (χ1n) is 8.01. The fourth-order valence-corrected chi connectivity index (χ4v) is 2.90. The van der Waals surface area contributed by atoms with Crippen molar-refractivity contribution in [3.63, 3.8) is 0 Å². The van der Waals surface area contributed by atoms with Crippen LogP contribution in [0.5, 0.6) is 5.75 Å². The Morgan fingerprint density at radius 1 is 1.15 bits per heavy atom. The van der Waals surface area contributed by atoms with Gasteiger partial charge >= 0.3 is 5.97 Å². The summed E-state index contributed by atoms with van der Waals surface area (Å²) in [6.07, 6.45) is 0.938. The minimum absolute atomic E-state index is 0.0625. The molecule has 5 nitrogen and oxygen atoms in total. The Bertz CT molecular complexity index is 765. The molecule has 0 heterocycles. The number of nitrogens with one attached hydrogen (secondary N) is 1. The summed E-state index contributed by atoms with van der Waals surface area (Å²) < 4.78 is 11.1. The fraction of sp³-hybridized carbons (Fsp3) is 0.263. The van der Waals surface area contributed by atoms with Crippen LogP contribution < -0.4 is 10.1 Å². The standard InChI is InChI=1S/C19H19BrClNO4/c1-25-19(24)14-6-4-13(5-7-14)12-22-18(23)3-2-10-26-17-9-8-15(20)11-16(17)21/h4-9,11H,2-3,10,12H2,1H3,(H,22,23). The van der Waals surface area contributed by atoms with Crippen molar-refractivity contribution in [3.8, 4) is 5.75 Å². The molecule has 0 aliphatic rings. The molecule has 0 fully saturated rings. The van der Waals surface area contributed by atoms with Crippen LogP contribution in [0.3, 0.4) is 0 Å². The van der Waals surface area contributed by atoms with E-state index in [1.54, 1.807) is 36.4 Å². The summed E-state index contributed by atoms with van der Waals surface area (Å²) in [5.74, 6) is 0.153. The third-order valence-electron chi connectivity index (χ3n) is 3.56. The first-order chi connectivity index (χ1) is 12.5. The van der Waals surface area contributed by atoms with Crippen LogP contribution in [0.4, 0.5) is 0 Å². The zero-order valence-corrected chi connectivity index (χ0v) is 16.6. The van der Waals surface area contributed by atoms with Crippen LogP contribution in [0.15, 0.2) is 46.9 Å². The molecule has 7 heteroatoms. The zero-order chi connectivity index (χ0) is 18.9. The lowest BCUT2D eigenvalue weighted by atomic mass is 10.1. The van der Waals surface area contributed by atoms with Gasteiger partial charge < -0.3 is 14.8 Å². The molecule has 0 bridgehead atoms. The Morgan fingerprint density at radius 3 is 2.54 bits per heavy atom. The van der Waals surface area contributed by atoms with E-state index in [1.807, 2.05) is 6.07 Å². The topological polar surface area (TPSA) is 64.6 Å². The van der Waals surface area contributed by atoms with Gasteiger partial charge in [0.2, 0.25) is 5.91 Å². The predicted molar refractivity (Wildman–Crippen MR) is 104 cm³/mol. The van der Waals surface area contributed by atoms with E-state index in [0.29, 0.717) is 42.3 Å². The molecule has 0 aliphatic heterocycles. The number of ether oxygens (including phenoxy) is 2. The lowest BCUT2D eigenvalue weighted by Crippen LogP contribution is -2.23. The van der Waals surface area contributed by atoms with Crippen molar-refractivity contribution in [1.82, 2.24) is 5.32 Å². The monoisotopic (exact) mass is 439 g/mol. The molecule has 0 spiro atoms. The van der Waals surface area contributed by atoms with Gasteiger partial charge in [-0.2, -0.15) is 0 Å². The van der Waals surface area contributed by atoms with Crippen LogP contribution in [0, 0.1) is 0 Å². The van der Waals surface area contributed by atoms with E-state index in [2.05, 4.69) is 26.0 Å². The van der Waals surface area contributed by atoms with Gasteiger partial charge in [-0.3, -0.25) is 4.79 Å². The van der Waals surface area contributed by atoms with E-state index >= 15 is 0 Å². The molecule has 0 saturated heterocycles. The Labute approximate surface area is 165 Å². The number of carbonyl (C=O) groups excluding carboxylic acids is 2. The minimum Gasteiger partial charge on any atom is -0.492 e. The molecule has 0 aromatic heterocycles. The molecule has 2 aromatic rings. The Morgan fingerprint density at radius 2 is 1.88 bits per heavy atom. The second kappa shape index (κ2) is 10.2. The molecule has 0 saturated carbocycles. The number of hydrogen-bond donors (Lipinski definition) is 1. The number of amides is 1. The Balaban J connectivity index is 1.68. The highest BCUT2D eigenvalue weighted by Gasteiger charge is 2.06. The third-order valence-corrected chi connectivity index (χ3v) is 4.35. The molecule has 26 heavy (non-hydrogen) atoms. The Hall–Kier alpha value is -2.05. The predicted octanol–water partition coefficient (Wildman–Crippen LogP) is 4.36. The van der Waals surface area contributed by atoms with E-state index in [9.17, 15) is 9.59 Å². The van der Waals surface area contributed by atoms with Crippen molar-refractivity contribution in [2.45, 2.75) is 19.4 Å². The minimum atomic E-state index is -0.383. The van der Waals surface area contributed by atoms with Crippen LogP contribution in [0.1, 0.15) is 28.8 Å². The molecule has 1 amide bonds. The van der Waals surface area contributed by atoms with Crippen molar-refractivity contribution in [1.29, 1.82) is 0 Å². The number of halogens is 2. The quantitative estimate of drug-likeness (QED) is 0.489. The van der Waals surface area contributed by atoms with Crippen LogP contribution in [-0.2, 0) is 16.1 Å². The Kier molecular flexibility index (Phi) is 7.94. The summed E-state index contributed by atoms with van der Waals surface area (Å²) in [6.45, 7) is 0.808. The number of benzene rings is 2. The summed E-state index contributed by atoms with van der Waals surface area (Å²) in [7, 11) is 1.34. The molecular weight excluding hydrogens is 422 g/mol. The van der Waals surface area contributed by atoms with Gasteiger partial charge in [0.15, 0.2) is 0 Å². The molecule has 138 valence electrons. The average molecular weight is 441 g/mol. The van der Waals surface area contributed by atoms with Crippen molar-refractivity contribution in [2.24, 2.45) is 0 Å². The van der Waals surface area contributed by atoms with Crippen molar-refractivity contribution >= 4 is 39.4 Å². The largest absolute Gasteiger partial charge is 0.492 e. The second-order valence-electron chi connectivity index (χ2n) is 5.49. The summed E-state index contributed by atoms with van der Waals surface area (Å²) in [5.41, 5.74) is 1.38. The van der Waals surface area contributed by atoms with Crippen molar-refractivity contribution < 1.29 is 19.1 Å². The number of methoxy groups -OCH3 is 1. The van der Waals surface area contributed by atoms with E-state index < -0.39 is 0 Å². The zero-order valence-electron chi connectivity index (χ0n) is 14.3. The SMILES string of the molecule is COC(=O)c1ccc(CNC(=O)CCCOc2ccc(Br)cc2Cl)cc1. The second-order valence-corrected chi connectivity index (χ2v) is 6.81. The fourth-order valence-electron chi connectivity index (χ4n) is 2.17. The van der Waals surface area contributed by atoms with Crippen LogP contribution >= 0.6 is 27.5 Å². The molecule has 2 aromatic carbocycles. The highest BCUT2D eigenvalue weighted by molar-refractivity contribution is 9.10. The van der Waals surface area contributed by atoms with Crippen molar-refractivity contribution in [2.75, 3.05) is 13.7 Å². The number of rotatable bonds is 8. The molecule has 0 radical (unpaired) electrons. The van der Waals surface area contributed by atoms with Gasteiger partial charge in [0.25, 0.3) is 0 Å². The smallest absolute Gasteiger partial charge is 0.337 e. The maximum absolute atomic E-state index is 11.9.